The van der Waals surface area contributed by atoms with Gasteiger partial charge in [0.2, 0.25) is 0 Å². The van der Waals surface area contributed by atoms with Gasteiger partial charge in [0.05, 0.1) is 13.2 Å². The van der Waals surface area contributed by atoms with Crippen molar-refractivity contribution in [2.75, 3.05) is 13.7 Å². The molecule has 0 amide bonds. The molecule has 0 spiro atoms. The van der Waals surface area contributed by atoms with E-state index in [0.717, 1.165) is 29.1 Å². The summed E-state index contributed by atoms with van der Waals surface area (Å²) < 4.78 is 12.2. The first-order valence-corrected chi connectivity index (χ1v) is 7.47. The van der Waals surface area contributed by atoms with Crippen LogP contribution in [-0.4, -0.2) is 19.8 Å². The Balaban J connectivity index is 2.83. The van der Waals surface area contributed by atoms with Crippen LogP contribution in [0.5, 0.6) is 11.5 Å². The van der Waals surface area contributed by atoms with Crippen LogP contribution >= 0.6 is 15.9 Å². The number of nitrogens with one attached hydrogen (secondary N) is 1. The fourth-order valence-corrected chi connectivity index (χ4v) is 2.18. The van der Waals surface area contributed by atoms with Crippen LogP contribution in [-0.2, 0) is 6.54 Å². The van der Waals surface area contributed by atoms with Crippen molar-refractivity contribution in [1.29, 1.82) is 0 Å². The summed E-state index contributed by atoms with van der Waals surface area (Å²) in [7, 11) is 1.67. The van der Waals surface area contributed by atoms with Crippen LogP contribution < -0.4 is 14.8 Å². The summed E-state index contributed by atoms with van der Waals surface area (Å²) in [6, 6.07) is 4.00. The third-order valence-electron chi connectivity index (χ3n) is 2.56. The Labute approximate surface area is 124 Å². The van der Waals surface area contributed by atoms with Crippen molar-refractivity contribution in [3.05, 3.63) is 22.2 Å². The van der Waals surface area contributed by atoms with Crippen LogP contribution in [0.2, 0.25) is 0 Å². The highest BCUT2D eigenvalue weighted by Gasteiger charge is 2.11. The van der Waals surface area contributed by atoms with Gasteiger partial charge in [-0.15, -0.1) is 0 Å². The lowest BCUT2D eigenvalue weighted by Gasteiger charge is -2.16. The Bertz CT molecular complexity index is 405. The van der Waals surface area contributed by atoms with Gasteiger partial charge in [-0.2, -0.15) is 0 Å². The molecule has 0 fully saturated rings. The Kier molecular flexibility index (Phi) is 6.66. The van der Waals surface area contributed by atoms with E-state index in [2.05, 4.69) is 35.1 Å². The Morgan fingerprint density at radius 3 is 2.37 bits per heavy atom. The van der Waals surface area contributed by atoms with E-state index in [1.165, 1.54) is 5.56 Å². The molecule has 0 bridgehead atoms. The molecule has 0 saturated heterocycles. The molecule has 3 nitrogen and oxygen atoms in total. The second-order valence-corrected chi connectivity index (χ2v) is 6.14. The predicted molar refractivity (Wildman–Crippen MR) is 83.0 cm³/mol. The van der Waals surface area contributed by atoms with Gasteiger partial charge in [-0.05, 0) is 44.0 Å². The molecule has 1 N–H and O–H groups in total. The van der Waals surface area contributed by atoms with Gasteiger partial charge in [-0.1, -0.05) is 29.8 Å². The number of hydrogen-bond donors (Lipinski definition) is 1. The van der Waals surface area contributed by atoms with Gasteiger partial charge in [0.1, 0.15) is 0 Å². The molecule has 0 atom stereocenters. The number of ether oxygens (including phenoxy) is 2. The average molecular weight is 330 g/mol. The van der Waals surface area contributed by atoms with Gasteiger partial charge in [0, 0.05) is 11.0 Å². The fraction of sp³-hybridized carbons (Fsp3) is 0.600. The van der Waals surface area contributed by atoms with Crippen molar-refractivity contribution in [1.82, 2.24) is 5.32 Å². The molecule has 0 radical (unpaired) electrons. The van der Waals surface area contributed by atoms with Crippen molar-refractivity contribution in [3.8, 4) is 11.5 Å². The Hall–Kier alpha value is -0.740. The number of benzene rings is 1. The number of hydrogen-bond acceptors (Lipinski definition) is 3. The molecule has 0 aliphatic carbocycles. The highest BCUT2D eigenvalue weighted by atomic mass is 79.9. The monoisotopic (exact) mass is 329 g/mol. The van der Waals surface area contributed by atoms with Crippen LogP contribution in [0.3, 0.4) is 0 Å². The zero-order valence-corrected chi connectivity index (χ0v) is 14.0. The molecular weight excluding hydrogens is 306 g/mol. The molecule has 0 unspecified atom stereocenters. The van der Waals surface area contributed by atoms with Crippen LogP contribution in [0.1, 0.15) is 33.3 Å². The maximum atomic E-state index is 5.74. The first kappa shape index (κ1) is 16.3. The van der Waals surface area contributed by atoms with E-state index in [1.54, 1.807) is 7.11 Å². The zero-order valence-electron chi connectivity index (χ0n) is 12.4. The molecule has 0 heterocycles. The van der Waals surface area contributed by atoms with Gasteiger partial charge < -0.3 is 14.8 Å². The molecule has 1 rings (SSSR count). The smallest absolute Gasteiger partial charge is 0.162 e. The van der Waals surface area contributed by atoms with E-state index in [9.17, 15) is 0 Å². The molecule has 0 saturated carbocycles. The maximum absolute atomic E-state index is 5.74. The van der Waals surface area contributed by atoms with E-state index in [-0.39, 0.29) is 6.10 Å². The van der Waals surface area contributed by atoms with Gasteiger partial charge >= 0.3 is 0 Å². The lowest BCUT2D eigenvalue weighted by atomic mass is 10.1. The number of halogens is 1. The quantitative estimate of drug-likeness (QED) is 0.820. The third kappa shape index (κ3) is 5.41. The topological polar surface area (TPSA) is 30.5 Å². The summed E-state index contributed by atoms with van der Waals surface area (Å²) in [4.78, 5) is 0. The van der Waals surface area contributed by atoms with Crippen LogP contribution in [0.25, 0.3) is 0 Å². The Morgan fingerprint density at radius 2 is 1.84 bits per heavy atom. The summed E-state index contributed by atoms with van der Waals surface area (Å²) in [6.45, 7) is 10.2. The molecule has 0 aliphatic rings. The summed E-state index contributed by atoms with van der Waals surface area (Å²) in [5.74, 6) is 2.19. The van der Waals surface area contributed by atoms with E-state index < -0.39 is 0 Å². The normalized spacial score (nSPS) is 11.2. The lowest BCUT2D eigenvalue weighted by Crippen LogP contribution is -2.19. The molecule has 108 valence electrons. The minimum absolute atomic E-state index is 0.130. The molecule has 1 aromatic rings. The van der Waals surface area contributed by atoms with Gasteiger partial charge in [-0.3, -0.25) is 0 Å². The number of rotatable bonds is 7. The second kappa shape index (κ2) is 7.75. The highest BCUT2D eigenvalue weighted by Crippen LogP contribution is 2.34. The first-order chi connectivity index (χ1) is 8.93. The zero-order chi connectivity index (χ0) is 14.4. The van der Waals surface area contributed by atoms with Gasteiger partial charge in [-0.25, -0.2) is 0 Å². The van der Waals surface area contributed by atoms with Crippen LogP contribution in [0, 0.1) is 5.92 Å². The van der Waals surface area contributed by atoms with Crippen molar-refractivity contribution in [2.24, 2.45) is 5.92 Å². The third-order valence-corrected chi connectivity index (χ3v) is 3.30. The molecule has 4 heteroatoms. The van der Waals surface area contributed by atoms with Crippen molar-refractivity contribution < 1.29 is 9.47 Å². The van der Waals surface area contributed by atoms with Crippen molar-refractivity contribution in [2.45, 2.75) is 40.3 Å². The lowest BCUT2D eigenvalue weighted by molar-refractivity contribution is 0.230. The second-order valence-electron chi connectivity index (χ2n) is 5.29. The fourth-order valence-electron chi connectivity index (χ4n) is 1.71. The standard InChI is InChI=1S/C15H24BrNO2/c1-10(2)8-17-9-12-6-14(18-5)15(7-13(12)16)19-11(3)4/h6-7,10-11,17H,8-9H2,1-5H3. The van der Waals surface area contributed by atoms with Crippen LogP contribution in [0.4, 0.5) is 0 Å². The van der Waals surface area contributed by atoms with Crippen molar-refractivity contribution >= 4 is 15.9 Å². The molecule has 1 aromatic carbocycles. The van der Waals surface area contributed by atoms with E-state index in [4.69, 9.17) is 9.47 Å². The highest BCUT2D eigenvalue weighted by molar-refractivity contribution is 9.10. The van der Waals surface area contributed by atoms with E-state index >= 15 is 0 Å². The SMILES string of the molecule is COc1cc(CNCC(C)C)c(Br)cc1OC(C)C. The molecule has 0 aromatic heterocycles. The van der Waals surface area contributed by atoms with Crippen molar-refractivity contribution in [3.63, 3.8) is 0 Å². The van der Waals surface area contributed by atoms with E-state index in [0.29, 0.717) is 5.92 Å². The minimum Gasteiger partial charge on any atom is -0.493 e. The molecule has 0 aliphatic heterocycles. The molecular formula is C15H24BrNO2. The minimum atomic E-state index is 0.130. The summed E-state index contributed by atoms with van der Waals surface area (Å²) >= 11 is 3.59. The van der Waals surface area contributed by atoms with Crippen LogP contribution in [0.15, 0.2) is 16.6 Å². The number of methoxy groups -OCH3 is 1. The first-order valence-electron chi connectivity index (χ1n) is 6.67. The summed E-state index contributed by atoms with van der Waals surface area (Å²) in [5.41, 5.74) is 1.17. The maximum Gasteiger partial charge on any atom is 0.162 e. The largest absolute Gasteiger partial charge is 0.493 e. The predicted octanol–water partition coefficient (Wildman–Crippen LogP) is 3.99. The molecule has 19 heavy (non-hydrogen) atoms. The van der Waals surface area contributed by atoms with Gasteiger partial charge in [0.15, 0.2) is 11.5 Å². The summed E-state index contributed by atoms with van der Waals surface area (Å²) in [6.07, 6.45) is 0.130. The Morgan fingerprint density at radius 1 is 1.16 bits per heavy atom. The summed E-state index contributed by atoms with van der Waals surface area (Å²) in [5, 5.41) is 3.43. The van der Waals surface area contributed by atoms with E-state index in [1.807, 2.05) is 26.0 Å². The van der Waals surface area contributed by atoms with Gasteiger partial charge in [0.25, 0.3) is 0 Å². The average Bonchev–Trinajstić information content (AvgIpc) is 2.30.